The predicted molar refractivity (Wildman–Crippen MR) is 71.8 cm³/mol. The van der Waals surface area contributed by atoms with Gasteiger partial charge in [-0.2, -0.15) is 4.98 Å². The Morgan fingerprint density at radius 2 is 2.05 bits per heavy atom. The van der Waals surface area contributed by atoms with Crippen LogP contribution in [0.2, 0.25) is 0 Å². The Hall–Kier alpha value is -2.41. The summed E-state index contributed by atoms with van der Waals surface area (Å²) in [5.41, 5.74) is 12.2. The third-order valence-electron chi connectivity index (χ3n) is 2.47. The Kier molecular flexibility index (Phi) is 3.76. The van der Waals surface area contributed by atoms with E-state index in [-0.39, 0.29) is 24.1 Å². The molecule has 7 heteroatoms. The fourth-order valence-corrected chi connectivity index (χ4v) is 1.65. The van der Waals surface area contributed by atoms with Gasteiger partial charge in [0.15, 0.2) is 11.6 Å². The normalized spacial score (nSPS) is 10.4. The van der Waals surface area contributed by atoms with Crippen LogP contribution in [0.25, 0.3) is 11.3 Å². The molecule has 1 aromatic carbocycles. The Bertz CT molecular complexity index is 590. The summed E-state index contributed by atoms with van der Waals surface area (Å²) in [6.07, 6.45) is 0. The van der Waals surface area contributed by atoms with E-state index in [1.807, 2.05) is 0 Å². The van der Waals surface area contributed by atoms with E-state index in [4.69, 9.17) is 16.6 Å². The highest BCUT2D eigenvalue weighted by atomic mass is 19.1. The lowest BCUT2D eigenvalue weighted by atomic mass is 10.1. The number of nitrogen functional groups attached to an aromatic ring is 2. The first kappa shape index (κ1) is 13.0. The molecule has 0 fully saturated rings. The number of hydrogen-bond donors (Lipinski definition) is 4. The highest BCUT2D eigenvalue weighted by Crippen LogP contribution is 2.26. The first-order valence-corrected chi connectivity index (χ1v) is 5.65. The standard InChI is InChI=1S/C12H14FN5O/c13-9-10(17-12(15)18-11(9)14)7-2-1-3-8(6-7)16-4-5-19/h1-3,6,16,19H,4-5H2,(H4,14,15,17,18). The van der Waals surface area contributed by atoms with Crippen molar-refractivity contribution in [2.45, 2.75) is 0 Å². The second-order valence-electron chi connectivity index (χ2n) is 3.86. The van der Waals surface area contributed by atoms with Crippen LogP contribution < -0.4 is 16.8 Å². The second kappa shape index (κ2) is 5.49. The summed E-state index contributed by atoms with van der Waals surface area (Å²) < 4.78 is 13.9. The molecule has 0 radical (unpaired) electrons. The highest BCUT2D eigenvalue weighted by Gasteiger charge is 2.13. The Labute approximate surface area is 109 Å². The van der Waals surface area contributed by atoms with E-state index in [9.17, 15) is 4.39 Å². The van der Waals surface area contributed by atoms with E-state index in [1.165, 1.54) is 0 Å². The van der Waals surface area contributed by atoms with E-state index in [0.29, 0.717) is 12.1 Å². The fourth-order valence-electron chi connectivity index (χ4n) is 1.65. The van der Waals surface area contributed by atoms with Gasteiger partial charge in [0.2, 0.25) is 5.95 Å². The molecule has 0 amide bonds. The maximum Gasteiger partial charge on any atom is 0.222 e. The van der Waals surface area contributed by atoms with Crippen LogP contribution in [0.15, 0.2) is 24.3 Å². The van der Waals surface area contributed by atoms with Gasteiger partial charge in [-0.15, -0.1) is 0 Å². The van der Waals surface area contributed by atoms with Gasteiger partial charge in [-0.1, -0.05) is 12.1 Å². The maximum absolute atomic E-state index is 13.9. The van der Waals surface area contributed by atoms with Crippen molar-refractivity contribution in [1.82, 2.24) is 9.97 Å². The van der Waals surface area contributed by atoms with Gasteiger partial charge in [0.05, 0.1) is 6.61 Å². The average Bonchev–Trinajstić information content (AvgIpc) is 2.41. The number of rotatable bonds is 4. The number of aromatic nitrogens is 2. The molecule has 6 nitrogen and oxygen atoms in total. The maximum atomic E-state index is 13.9. The molecular formula is C12H14FN5O. The van der Waals surface area contributed by atoms with Crippen molar-refractivity contribution in [3.05, 3.63) is 30.1 Å². The van der Waals surface area contributed by atoms with Gasteiger partial charge in [0, 0.05) is 17.8 Å². The molecule has 6 N–H and O–H groups in total. The largest absolute Gasteiger partial charge is 0.395 e. The number of nitrogens with zero attached hydrogens (tertiary/aromatic N) is 2. The number of anilines is 3. The van der Waals surface area contributed by atoms with Gasteiger partial charge in [-0.3, -0.25) is 0 Å². The molecule has 1 aromatic heterocycles. The van der Waals surface area contributed by atoms with E-state index in [0.717, 1.165) is 5.69 Å². The number of halogens is 1. The third kappa shape index (κ3) is 2.89. The van der Waals surface area contributed by atoms with Gasteiger partial charge in [0.1, 0.15) is 5.69 Å². The number of nitrogens with two attached hydrogens (primary N) is 2. The van der Waals surface area contributed by atoms with E-state index in [2.05, 4.69) is 15.3 Å². The minimum Gasteiger partial charge on any atom is -0.395 e. The van der Waals surface area contributed by atoms with Crippen LogP contribution in [-0.4, -0.2) is 28.2 Å². The lowest BCUT2D eigenvalue weighted by molar-refractivity contribution is 0.311. The van der Waals surface area contributed by atoms with Crippen LogP contribution >= 0.6 is 0 Å². The first-order chi connectivity index (χ1) is 9.11. The summed E-state index contributed by atoms with van der Waals surface area (Å²) >= 11 is 0. The lowest BCUT2D eigenvalue weighted by Crippen LogP contribution is -2.06. The van der Waals surface area contributed by atoms with Crippen LogP contribution in [0.5, 0.6) is 0 Å². The zero-order valence-electron chi connectivity index (χ0n) is 10.1. The van der Waals surface area contributed by atoms with Crippen molar-refractivity contribution in [2.24, 2.45) is 0 Å². The molecule has 0 saturated carbocycles. The minimum atomic E-state index is -0.700. The second-order valence-corrected chi connectivity index (χ2v) is 3.86. The molecule has 0 saturated heterocycles. The molecule has 0 aliphatic rings. The van der Waals surface area contributed by atoms with Gasteiger partial charge >= 0.3 is 0 Å². The van der Waals surface area contributed by atoms with Crippen molar-refractivity contribution >= 4 is 17.5 Å². The van der Waals surface area contributed by atoms with Crippen molar-refractivity contribution in [1.29, 1.82) is 0 Å². The zero-order valence-corrected chi connectivity index (χ0v) is 10.1. The van der Waals surface area contributed by atoms with Crippen LogP contribution in [-0.2, 0) is 0 Å². The zero-order chi connectivity index (χ0) is 13.8. The predicted octanol–water partition coefficient (Wildman–Crippen LogP) is 0.851. The summed E-state index contributed by atoms with van der Waals surface area (Å²) in [5, 5.41) is 11.7. The van der Waals surface area contributed by atoms with Crippen LogP contribution in [0.3, 0.4) is 0 Å². The molecule has 0 spiro atoms. The summed E-state index contributed by atoms with van der Waals surface area (Å²) in [6.45, 7) is 0.409. The smallest absolute Gasteiger partial charge is 0.222 e. The quantitative estimate of drug-likeness (QED) is 0.651. The Morgan fingerprint density at radius 1 is 1.26 bits per heavy atom. The summed E-state index contributed by atoms with van der Waals surface area (Å²) in [4.78, 5) is 7.41. The van der Waals surface area contributed by atoms with Gasteiger partial charge in [-0.05, 0) is 12.1 Å². The molecule has 2 rings (SSSR count). The summed E-state index contributed by atoms with van der Waals surface area (Å²) in [6, 6.07) is 6.92. The third-order valence-corrected chi connectivity index (χ3v) is 2.47. The van der Waals surface area contributed by atoms with Crippen LogP contribution in [0.4, 0.5) is 21.8 Å². The van der Waals surface area contributed by atoms with E-state index in [1.54, 1.807) is 24.3 Å². The number of aliphatic hydroxyl groups excluding tert-OH is 1. The Morgan fingerprint density at radius 3 is 2.79 bits per heavy atom. The molecule has 1 heterocycles. The minimum absolute atomic E-state index is 0.00594. The topological polar surface area (TPSA) is 110 Å². The number of aliphatic hydroxyl groups is 1. The molecular weight excluding hydrogens is 249 g/mol. The van der Waals surface area contributed by atoms with Gasteiger partial charge in [-0.25, -0.2) is 9.37 Å². The van der Waals surface area contributed by atoms with Gasteiger partial charge in [0.25, 0.3) is 0 Å². The van der Waals surface area contributed by atoms with Crippen LogP contribution in [0, 0.1) is 5.82 Å². The SMILES string of the molecule is Nc1nc(N)c(F)c(-c2cccc(NCCO)c2)n1. The average molecular weight is 263 g/mol. The number of benzene rings is 1. The highest BCUT2D eigenvalue weighted by molar-refractivity contribution is 5.68. The molecule has 19 heavy (non-hydrogen) atoms. The van der Waals surface area contributed by atoms with E-state index >= 15 is 0 Å². The molecule has 0 atom stereocenters. The molecule has 100 valence electrons. The Balaban J connectivity index is 2.41. The molecule has 2 aromatic rings. The van der Waals surface area contributed by atoms with Crippen molar-refractivity contribution in [2.75, 3.05) is 29.9 Å². The van der Waals surface area contributed by atoms with Crippen molar-refractivity contribution in [3.63, 3.8) is 0 Å². The lowest BCUT2D eigenvalue weighted by Gasteiger charge is -2.08. The number of nitrogens with one attached hydrogen (secondary N) is 1. The van der Waals surface area contributed by atoms with Crippen molar-refractivity contribution < 1.29 is 9.50 Å². The van der Waals surface area contributed by atoms with Crippen molar-refractivity contribution in [3.8, 4) is 11.3 Å². The van der Waals surface area contributed by atoms with Crippen LogP contribution in [0.1, 0.15) is 0 Å². The van der Waals surface area contributed by atoms with E-state index < -0.39 is 5.82 Å². The summed E-state index contributed by atoms with van der Waals surface area (Å²) in [5.74, 6) is -1.06. The molecule has 0 aliphatic heterocycles. The van der Waals surface area contributed by atoms with Gasteiger partial charge < -0.3 is 21.9 Å². The fraction of sp³-hybridized carbons (Fsp3) is 0.167. The first-order valence-electron chi connectivity index (χ1n) is 5.65. The molecule has 0 bridgehead atoms. The number of hydrogen-bond acceptors (Lipinski definition) is 6. The monoisotopic (exact) mass is 263 g/mol. The summed E-state index contributed by atoms with van der Waals surface area (Å²) in [7, 11) is 0. The molecule has 0 aliphatic carbocycles. The molecule has 0 unspecified atom stereocenters.